The molecule has 0 radical (unpaired) electrons. The molecule has 1 fully saturated rings. The van der Waals surface area contributed by atoms with Crippen LogP contribution in [0, 0.1) is 26.7 Å². The number of benzene rings is 1. The number of likely N-dealkylation sites (tertiary alicyclic amines) is 1. The molecule has 1 atom stereocenters. The molecule has 27 heavy (non-hydrogen) atoms. The number of amides is 1. The fourth-order valence-electron chi connectivity index (χ4n) is 4.07. The van der Waals surface area contributed by atoms with Gasteiger partial charge in [0.15, 0.2) is 5.78 Å². The fraction of sp³-hybridized carbons (Fsp3) is 0.636. The van der Waals surface area contributed by atoms with Crippen molar-refractivity contribution >= 4 is 11.9 Å². The largest absolute Gasteiger partial charge is 0.485 e. The number of aryl methyl sites for hydroxylation is 1. The lowest BCUT2D eigenvalue weighted by atomic mass is 9.74. The zero-order valence-corrected chi connectivity index (χ0v) is 17.6. The molecule has 2 aliphatic rings. The Kier molecular flexibility index (Phi) is 4.77. The summed E-state index contributed by atoms with van der Waals surface area (Å²) in [6.45, 7) is 14.7. The van der Waals surface area contributed by atoms with E-state index in [2.05, 4.69) is 6.92 Å². The monoisotopic (exact) mass is 373 g/mol. The van der Waals surface area contributed by atoms with E-state index in [1.165, 1.54) is 0 Å². The number of carbonyl (C=O) groups is 2. The smallest absolute Gasteiger partial charge is 0.410 e. The van der Waals surface area contributed by atoms with Gasteiger partial charge in [0.05, 0.1) is 11.5 Å². The first-order valence-electron chi connectivity index (χ1n) is 9.77. The van der Waals surface area contributed by atoms with Gasteiger partial charge in [-0.25, -0.2) is 4.79 Å². The zero-order chi connectivity index (χ0) is 20.1. The van der Waals surface area contributed by atoms with Crippen molar-refractivity contribution in [1.29, 1.82) is 0 Å². The molecule has 5 nitrogen and oxygen atoms in total. The lowest BCUT2D eigenvalue weighted by molar-refractivity contribution is -0.0451. The highest BCUT2D eigenvalue weighted by atomic mass is 16.6. The molecule has 1 aromatic rings. The second-order valence-electron chi connectivity index (χ2n) is 9.04. The first kappa shape index (κ1) is 19.7. The molecule has 0 saturated carbocycles. The van der Waals surface area contributed by atoms with E-state index in [0.717, 1.165) is 22.4 Å². The van der Waals surface area contributed by atoms with Crippen LogP contribution in [0.2, 0.25) is 0 Å². The average Bonchev–Trinajstić information content (AvgIpc) is 2.58. The molecule has 1 saturated heterocycles. The molecular formula is C22H31NO4. The molecule has 1 unspecified atom stereocenters. The summed E-state index contributed by atoms with van der Waals surface area (Å²) in [5.41, 5.74) is 2.96. The summed E-state index contributed by atoms with van der Waals surface area (Å²) in [4.78, 5) is 27.2. The first-order valence-corrected chi connectivity index (χ1v) is 9.77. The third-order valence-electron chi connectivity index (χ3n) is 6.11. The van der Waals surface area contributed by atoms with Crippen LogP contribution in [0.5, 0.6) is 5.75 Å². The third kappa shape index (κ3) is 3.44. The third-order valence-corrected chi connectivity index (χ3v) is 6.11. The van der Waals surface area contributed by atoms with Crippen molar-refractivity contribution in [3.63, 3.8) is 0 Å². The van der Waals surface area contributed by atoms with Crippen molar-refractivity contribution in [2.24, 2.45) is 5.92 Å². The highest BCUT2D eigenvalue weighted by Crippen LogP contribution is 2.45. The average molecular weight is 373 g/mol. The van der Waals surface area contributed by atoms with E-state index >= 15 is 0 Å². The number of ketones is 1. The number of Topliss-reactive ketones (excluding diaryl/α,β-unsaturated/α-hetero) is 1. The Morgan fingerprint density at radius 3 is 2.33 bits per heavy atom. The summed E-state index contributed by atoms with van der Waals surface area (Å²) in [6, 6.07) is 1.96. The fourth-order valence-corrected chi connectivity index (χ4v) is 4.07. The molecule has 2 heterocycles. The summed E-state index contributed by atoms with van der Waals surface area (Å²) >= 11 is 0. The number of rotatable bonds is 0. The van der Waals surface area contributed by atoms with Crippen LogP contribution >= 0.6 is 0 Å². The van der Waals surface area contributed by atoms with Crippen molar-refractivity contribution in [3.8, 4) is 5.75 Å². The highest BCUT2D eigenvalue weighted by molar-refractivity contribution is 6.02. The summed E-state index contributed by atoms with van der Waals surface area (Å²) in [7, 11) is 0. The number of carbonyl (C=O) groups excluding carboxylic acids is 2. The van der Waals surface area contributed by atoms with Crippen LogP contribution in [-0.4, -0.2) is 41.1 Å². The molecule has 1 aromatic carbocycles. The molecule has 148 valence electrons. The van der Waals surface area contributed by atoms with Crippen LogP contribution in [0.1, 0.15) is 67.6 Å². The summed E-state index contributed by atoms with van der Waals surface area (Å²) in [5, 5.41) is 0. The van der Waals surface area contributed by atoms with Crippen molar-refractivity contribution in [3.05, 3.63) is 28.3 Å². The van der Waals surface area contributed by atoms with Crippen molar-refractivity contribution < 1.29 is 19.1 Å². The van der Waals surface area contributed by atoms with Crippen molar-refractivity contribution in [2.45, 2.75) is 72.5 Å². The van der Waals surface area contributed by atoms with Gasteiger partial charge < -0.3 is 14.4 Å². The Balaban J connectivity index is 1.84. The molecule has 0 N–H and O–H groups in total. The normalized spacial score (nSPS) is 21.7. The van der Waals surface area contributed by atoms with Gasteiger partial charge in [0.2, 0.25) is 0 Å². The highest BCUT2D eigenvalue weighted by Gasteiger charge is 2.50. The second kappa shape index (κ2) is 6.54. The minimum absolute atomic E-state index is 0.146. The van der Waals surface area contributed by atoms with Crippen LogP contribution in [-0.2, 0) is 4.74 Å². The quantitative estimate of drug-likeness (QED) is 0.667. The molecule has 0 bridgehead atoms. The number of hydrogen-bond acceptors (Lipinski definition) is 4. The minimum atomic E-state index is -0.547. The van der Waals surface area contributed by atoms with E-state index < -0.39 is 11.2 Å². The van der Waals surface area contributed by atoms with Crippen LogP contribution in [0.25, 0.3) is 0 Å². The molecule has 1 spiro atoms. The van der Waals surface area contributed by atoms with Crippen LogP contribution in [0.4, 0.5) is 4.79 Å². The number of fused-ring (bicyclic) bond motifs is 1. The maximum atomic E-state index is 13.1. The van der Waals surface area contributed by atoms with E-state index in [1.807, 2.05) is 47.6 Å². The predicted molar refractivity (Wildman–Crippen MR) is 105 cm³/mol. The molecule has 0 aromatic heterocycles. The molecular weight excluding hydrogens is 342 g/mol. The predicted octanol–water partition coefficient (Wildman–Crippen LogP) is 4.59. The second-order valence-corrected chi connectivity index (χ2v) is 9.04. The zero-order valence-electron chi connectivity index (χ0n) is 17.6. The lowest BCUT2D eigenvalue weighted by Crippen LogP contribution is -2.57. The van der Waals surface area contributed by atoms with Gasteiger partial charge in [-0.3, -0.25) is 4.79 Å². The Hall–Kier alpha value is -2.04. The minimum Gasteiger partial charge on any atom is -0.485 e. The topological polar surface area (TPSA) is 55.8 Å². The van der Waals surface area contributed by atoms with E-state index in [9.17, 15) is 9.59 Å². The SMILES string of the molecule is Cc1cc2c(c(C)c1C)OC1(CCN(C(=O)OC(C)(C)C)CC1)C(C)C2=O. The van der Waals surface area contributed by atoms with Crippen LogP contribution in [0.15, 0.2) is 6.07 Å². The van der Waals surface area contributed by atoms with Crippen molar-refractivity contribution in [1.82, 2.24) is 4.90 Å². The van der Waals surface area contributed by atoms with E-state index in [1.54, 1.807) is 4.90 Å². The van der Waals surface area contributed by atoms with Gasteiger partial charge in [-0.05, 0) is 64.3 Å². The number of hydrogen-bond donors (Lipinski definition) is 0. The van der Waals surface area contributed by atoms with E-state index in [4.69, 9.17) is 9.47 Å². The van der Waals surface area contributed by atoms with Gasteiger partial charge in [-0.1, -0.05) is 6.92 Å². The Morgan fingerprint density at radius 1 is 1.19 bits per heavy atom. The van der Waals surface area contributed by atoms with E-state index in [0.29, 0.717) is 31.5 Å². The molecule has 5 heteroatoms. The summed E-state index contributed by atoms with van der Waals surface area (Å²) in [5.74, 6) is 0.646. The van der Waals surface area contributed by atoms with Crippen LogP contribution < -0.4 is 4.74 Å². The van der Waals surface area contributed by atoms with Gasteiger partial charge in [0.1, 0.15) is 17.0 Å². The molecule has 0 aliphatic carbocycles. The molecule has 3 rings (SSSR count). The maximum absolute atomic E-state index is 13.1. The number of ether oxygens (including phenoxy) is 2. The van der Waals surface area contributed by atoms with Gasteiger partial charge in [-0.2, -0.15) is 0 Å². The van der Waals surface area contributed by atoms with Crippen LogP contribution in [0.3, 0.4) is 0 Å². The maximum Gasteiger partial charge on any atom is 0.410 e. The van der Waals surface area contributed by atoms with Gasteiger partial charge in [-0.15, -0.1) is 0 Å². The standard InChI is InChI=1S/C22H31NO4/c1-13-12-17-18(24)16(4)22(26-19(17)15(3)14(13)2)8-10-23(11-9-22)20(25)27-21(5,6)7/h12,16H,8-11H2,1-7H3. The Bertz CT molecular complexity index is 782. The molecule has 2 aliphatic heterocycles. The Morgan fingerprint density at radius 2 is 1.78 bits per heavy atom. The Labute approximate surface area is 162 Å². The summed E-state index contributed by atoms with van der Waals surface area (Å²) < 4.78 is 12.0. The lowest BCUT2D eigenvalue weighted by Gasteiger charge is -2.47. The molecule has 1 amide bonds. The van der Waals surface area contributed by atoms with Gasteiger partial charge in [0.25, 0.3) is 0 Å². The van der Waals surface area contributed by atoms with Crippen molar-refractivity contribution in [2.75, 3.05) is 13.1 Å². The van der Waals surface area contributed by atoms with Gasteiger partial charge in [0, 0.05) is 25.9 Å². The first-order chi connectivity index (χ1) is 12.4. The number of nitrogens with zero attached hydrogens (tertiary/aromatic N) is 1. The van der Waals surface area contributed by atoms with E-state index in [-0.39, 0.29) is 17.8 Å². The number of piperidine rings is 1. The van der Waals surface area contributed by atoms with Gasteiger partial charge >= 0.3 is 6.09 Å². The summed E-state index contributed by atoms with van der Waals surface area (Å²) in [6.07, 6.45) is 0.964.